The normalized spacial score (nSPS) is 20.4. The third-order valence-electron chi connectivity index (χ3n) is 2.84. The first-order chi connectivity index (χ1) is 8.36. The van der Waals surface area contributed by atoms with Crippen LogP contribution in [0, 0.1) is 5.82 Å². The molecule has 1 aromatic rings. The van der Waals surface area contributed by atoms with E-state index in [9.17, 15) is 21.5 Å². The highest BCUT2D eigenvalue weighted by Gasteiger charge is 2.38. The maximum absolute atomic E-state index is 12.9. The van der Waals surface area contributed by atoms with Crippen molar-refractivity contribution in [1.29, 1.82) is 0 Å². The highest BCUT2D eigenvalue weighted by atomic mass is 32.3. The number of halogens is 2. The Morgan fingerprint density at radius 3 is 2.67 bits per heavy atom. The lowest BCUT2D eigenvalue weighted by Crippen LogP contribution is -2.26. The molecule has 0 saturated carbocycles. The summed E-state index contributed by atoms with van der Waals surface area (Å²) in [5.74, 6) is -0.876. The van der Waals surface area contributed by atoms with Crippen LogP contribution in [-0.2, 0) is 21.6 Å². The lowest BCUT2D eigenvalue weighted by molar-refractivity contribution is -0.128. The zero-order valence-electron chi connectivity index (χ0n) is 9.34. The highest BCUT2D eigenvalue weighted by molar-refractivity contribution is 7.87. The van der Waals surface area contributed by atoms with Crippen molar-refractivity contribution in [3.63, 3.8) is 0 Å². The minimum atomic E-state index is -4.71. The first-order valence-electron chi connectivity index (χ1n) is 5.32. The second-order valence-corrected chi connectivity index (χ2v) is 5.82. The van der Waals surface area contributed by atoms with Crippen molar-refractivity contribution < 1.29 is 21.5 Å². The van der Waals surface area contributed by atoms with Gasteiger partial charge >= 0.3 is 10.2 Å². The summed E-state index contributed by atoms with van der Waals surface area (Å²) in [6, 6.07) is 5.64. The molecule has 1 heterocycles. The smallest absolute Gasteiger partial charge is 0.307 e. The van der Waals surface area contributed by atoms with Crippen LogP contribution in [-0.4, -0.2) is 31.0 Å². The van der Waals surface area contributed by atoms with E-state index >= 15 is 0 Å². The van der Waals surface area contributed by atoms with Crippen LogP contribution < -0.4 is 0 Å². The van der Waals surface area contributed by atoms with E-state index in [0.29, 0.717) is 5.56 Å². The second kappa shape index (κ2) is 4.64. The Morgan fingerprint density at radius 1 is 1.39 bits per heavy atom. The van der Waals surface area contributed by atoms with Crippen molar-refractivity contribution in [2.45, 2.75) is 18.2 Å². The summed E-state index contributed by atoms with van der Waals surface area (Å²) in [4.78, 5) is 12.7. The maximum atomic E-state index is 12.9. The van der Waals surface area contributed by atoms with Crippen molar-refractivity contribution in [1.82, 2.24) is 4.90 Å². The molecule has 0 N–H and O–H groups in total. The molecule has 1 amide bonds. The number of rotatable bonds is 3. The van der Waals surface area contributed by atoms with Gasteiger partial charge in [0.1, 0.15) is 11.1 Å². The number of nitrogens with zero attached hydrogens (tertiary/aromatic N) is 1. The third-order valence-corrected chi connectivity index (χ3v) is 3.95. The first kappa shape index (κ1) is 12.9. The molecule has 1 aliphatic heterocycles. The summed E-state index contributed by atoms with van der Waals surface area (Å²) in [5.41, 5.74) is 0.542. The van der Waals surface area contributed by atoms with Crippen LogP contribution in [0.5, 0.6) is 0 Å². The molecule has 2 rings (SSSR count). The Balaban J connectivity index is 2.10. The Morgan fingerprint density at radius 2 is 2.11 bits per heavy atom. The molecule has 0 aromatic heterocycles. The monoisotopic (exact) mass is 275 g/mol. The Labute approximate surface area is 103 Å². The summed E-state index contributed by atoms with van der Waals surface area (Å²) in [7, 11) is -4.71. The van der Waals surface area contributed by atoms with Crippen LogP contribution in [0.2, 0.25) is 0 Å². The summed E-state index contributed by atoms with van der Waals surface area (Å²) in [5, 5.41) is -1.31. The summed E-state index contributed by atoms with van der Waals surface area (Å²) in [6.45, 7) is -0.100. The van der Waals surface area contributed by atoms with Crippen LogP contribution in [0.1, 0.15) is 12.0 Å². The van der Waals surface area contributed by atoms with Gasteiger partial charge in [0.2, 0.25) is 5.91 Å². The molecule has 0 aliphatic carbocycles. The molecule has 1 saturated heterocycles. The van der Waals surface area contributed by atoms with Gasteiger partial charge in [-0.15, -0.1) is 3.89 Å². The molecule has 1 aliphatic rings. The highest BCUT2D eigenvalue weighted by Crippen LogP contribution is 2.21. The lowest BCUT2D eigenvalue weighted by atomic mass is 10.2. The van der Waals surface area contributed by atoms with E-state index in [1.165, 1.54) is 23.1 Å². The van der Waals surface area contributed by atoms with Gasteiger partial charge in [-0.05, 0) is 17.7 Å². The van der Waals surface area contributed by atoms with E-state index in [2.05, 4.69) is 0 Å². The molecule has 1 unspecified atom stereocenters. The third kappa shape index (κ3) is 2.84. The molecule has 1 aromatic carbocycles. The van der Waals surface area contributed by atoms with E-state index in [-0.39, 0.29) is 19.5 Å². The number of benzene rings is 1. The van der Waals surface area contributed by atoms with Crippen molar-refractivity contribution in [2.24, 2.45) is 0 Å². The number of likely N-dealkylation sites (tertiary alicyclic amines) is 1. The largest absolute Gasteiger partial charge is 0.337 e. The second-order valence-electron chi connectivity index (χ2n) is 4.21. The molecule has 0 bridgehead atoms. The molecule has 0 radical (unpaired) electrons. The number of carbonyl (C=O) groups is 1. The molecule has 7 heteroatoms. The SMILES string of the molecule is O=C1CC(S(=O)(=O)F)CN1Cc1cccc(F)c1. The summed E-state index contributed by atoms with van der Waals surface area (Å²) < 4.78 is 47.2. The molecular formula is C11H11F2NO3S. The Kier molecular flexibility index (Phi) is 3.34. The van der Waals surface area contributed by atoms with Crippen molar-refractivity contribution in [3.8, 4) is 0 Å². The minimum absolute atomic E-state index is 0.0859. The topological polar surface area (TPSA) is 54.5 Å². The van der Waals surface area contributed by atoms with Gasteiger partial charge in [-0.3, -0.25) is 4.79 Å². The minimum Gasteiger partial charge on any atom is -0.337 e. The summed E-state index contributed by atoms with van der Waals surface area (Å²) >= 11 is 0. The Hall–Kier alpha value is -1.50. The molecule has 0 spiro atoms. The van der Waals surface area contributed by atoms with Gasteiger partial charge in [-0.1, -0.05) is 12.1 Å². The zero-order valence-corrected chi connectivity index (χ0v) is 10.2. The number of amides is 1. The van der Waals surface area contributed by atoms with E-state index in [0.717, 1.165) is 0 Å². The summed E-state index contributed by atoms with van der Waals surface area (Å²) in [6.07, 6.45) is -0.353. The molecule has 18 heavy (non-hydrogen) atoms. The fourth-order valence-corrected chi connectivity index (χ4v) is 2.63. The quantitative estimate of drug-likeness (QED) is 0.780. The fraction of sp³-hybridized carbons (Fsp3) is 0.364. The van der Waals surface area contributed by atoms with Crippen molar-refractivity contribution in [3.05, 3.63) is 35.6 Å². The lowest BCUT2D eigenvalue weighted by Gasteiger charge is -2.15. The van der Waals surface area contributed by atoms with Gasteiger partial charge in [0.25, 0.3) is 0 Å². The van der Waals surface area contributed by atoms with Crippen molar-refractivity contribution >= 4 is 16.1 Å². The predicted molar refractivity (Wildman–Crippen MR) is 60.2 cm³/mol. The van der Waals surface area contributed by atoms with Gasteiger partial charge in [-0.25, -0.2) is 4.39 Å². The van der Waals surface area contributed by atoms with Gasteiger partial charge < -0.3 is 4.90 Å². The standard InChI is InChI=1S/C11H11F2NO3S/c12-9-3-1-2-8(4-9)6-14-7-10(5-11(14)15)18(13,16)17/h1-4,10H,5-7H2. The van der Waals surface area contributed by atoms with Crippen LogP contribution >= 0.6 is 0 Å². The van der Waals surface area contributed by atoms with E-state index in [1.807, 2.05) is 0 Å². The van der Waals surface area contributed by atoms with Crippen molar-refractivity contribution in [2.75, 3.05) is 6.54 Å². The van der Waals surface area contributed by atoms with Gasteiger partial charge in [0.05, 0.1) is 0 Å². The predicted octanol–water partition coefficient (Wildman–Crippen LogP) is 1.23. The first-order valence-corrected chi connectivity index (χ1v) is 6.76. The van der Waals surface area contributed by atoms with Gasteiger partial charge in [0, 0.05) is 19.5 Å². The number of hydrogen-bond acceptors (Lipinski definition) is 3. The van der Waals surface area contributed by atoms with E-state index in [1.54, 1.807) is 6.07 Å². The van der Waals surface area contributed by atoms with Gasteiger partial charge in [-0.2, -0.15) is 8.42 Å². The van der Waals surface area contributed by atoms with Crippen LogP contribution in [0.15, 0.2) is 24.3 Å². The van der Waals surface area contributed by atoms with Gasteiger partial charge in [0.15, 0.2) is 0 Å². The van der Waals surface area contributed by atoms with Crippen LogP contribution in [0.3, 0.4) is 0 Å². The van der Waals surface area contributed by atoms with Crippen LogP contribution in [0.25, 0.3) is 0 Å². The number of hydrogen-bond donors (Lipinski definition) is 0. The van der Waals surface area contributed by atoms with Crippen LogP contribution in [0.4, 0.5) is 8.28 Å². The fourth-order valence-electron chi connectivity index (χ4n) is 1.93. The molecule has 1 fully saturated rings. The van der Waals surface area contributed by atoms with E-state index in [4.69, 9.17) is 0 Å². The molecule has 1 atom stereocenters. The zero-order chi connectivity index (χ0) is 13.3. The molecule has 98 valence electrons. The maximum Gasteiger partial charge on any atom is 0.307 e. The average molecular weight is 275 g/mol. The molecule has 4 nitrogen and oxygen atoms in total. The van der Waals surface area contributed by atoms with E-state index < -0.39 is 27.2 Å². The Bertz CT molecular complexity index is 573. The number of carbonyl (C=O) groups excluding carboxylic acids is 1. The molecular weight excluding hydrogens is 264 g/mol. The average Bonchev–Trinajstić information content (AvgIpc) is 2.60.